The third-order valence-electron chi connectivity index (χ3n) is 3.11. The number of hydrogen-bond donors (Lipinski definition) is 1. The summed E-state index contributed by atoms with van der Waals surface area (Å²) in [5, 5.41) is 9.65. The molecule has 1 N–H and O–H groups in total. The van der Waals surface area contributed by atoms with Crippen LogP contribution in [0, 0.1) is 0 Å². The quantitative estimate of drug-likeness (QED) is 0.815. The molecule has 1 aromatic carbocycles. The topological polar surface area (TPSA) is 29.5 Å². The van der Waals surface area contributed by atoms with Gasteiger partial charge in [-0.2, -0.15) is 0 Å². The van der Waals surface area contributed by atoms with Crippen LogP contribution in [0.5, 0.6) is 5.75 Å². The molecule has 2 heteroatoms. The van der Waals surface area contributed by atoms with Gasteiger partial charge < -0.3 is 9.84 Å². The summed E-state index contributed by atoms with van der Waals surface area (Å²) in [5.74, 6) is 1.43. The van der Waals surface area contributed by atoms with Crippen molar-refractivity contribution in [2.45, 2.75) is 51.6 Å². The molecule has 0 aliphatic rings. The van der Waals surface area contributed by atoms with E-state index in [4.69, 9.17) is 4.74 Å². The van der Waals surface area contributed by atoms with E-state index in [0.29, 0.717) is 5.92 Å². The summed E-state index contributed by atoms with van der Waals surface area (Å²) in [6.07, 6.45) is 3.01. The van der Waals surface area contributed by atoms with Crippen LogP contribution in [0.15, 0.2) is 24.3 Å². The minimum Gasteiger partial charge on any atom is -0.497 e. The molecule has 1 unspecified atom stereocenters. The molecule has 0 bridgehead atoms. The molecular weight excluding hydrogens is 212 g/mol. The highest BCUT2D eigenvalue weighted by atomic mass is 16.5. The number of hydrogen-bond acceptors (Lipinski definition) is 2. The first kappa shape index (κ1) is 14.0. The highest BCUT2D eigenvalue weighted by Crippen LogP contribution is 2.25. The van der Waals surface area contributed by atoms with Crippen molar-refractivity contribution in [2.75, 3.05) is 7.11 Å². The van der Waals surface area contributed by atoms with Crippen molar-refractivity contribution in [1.82, 2.24) is 0 Å². The monoisotopic (exact) mass is 236 g/mol. The van der Waals surface area contributed by atoms with E-state index in [9.17, 15) is 5.11 Å². The molecule has 1 rings (SSSR count). The van der Waals surface area contributed by atoms with Gasteiger partial charge in [-0.05, 0) is 50.3 Å². The minimum atomic E-state index is -0.542. The lowest BCUT2D eigenvalue weighted by molar-refractivity contribution is 0.0678. The van der Waals surface area contributed by atoms with Gasteiger partial charge in [-0.3, -0.25) is 0 Å². The van der Waals surface area contributed by atoms with Gasteiger partial charge in [-0.15, -0.1) is 0 Å². The summed E-state index contributed by atoms with van der Waals surface area (Å²) in [6.45, 7) is 5.96. The van der Waals surface area contributed by atoms with Crippen LogP contribution in [0.25, 0.3) is 0 Å². The largest absolute Gasteiger partial charge is 0.497 e. The van der Waals surface area contributed by atoms with Gasteiger partial charge in [0.05, 0.1) is 12.7 Å². The summed E-state index contributed by atoms with van der Waals surface area (Å²) < 4.78 is 5.14. The van der Waals surface area contributed by atoms with Crippen LogP contribution in [0.3, 0.4) is 0 Å². The Bertz CT molecular complexity index is 322. The summed E-state index contributed by atoms with van der Waals surface area (Å²) in [6, 6.07) is 8.24. The van der Waals surface area contributed by atoms with Crippen molar-refractivity contribution in [3.63, 3.8) is 0 Å². The highest BCUT2D eigenvalue weighted by Gasteiger charge is 2.13. The van der Waals surface area contributed by atoms with Gasteiger partial charge in [0, 0.05) is 0 Å². The fourth-order valence-electron chi connectivity index (χ4n) is 1.94. The summed E-state index contributed by atoms with van der Waals surface area (Å²) in [4.78, 5) is 0. The summed E-state index contributed by atoms with van der Waals surface area (Å²) in [7, 11) is 1.68. The molecule has 1 aromatic rings. The Labute approximate surface area is 105 Å². The first-order chi connectivity index (χ1) is 7.92. The molecule has 0 radical (unpaired) electrons. The Balaban J connectivity index is 2.43. The van der Waals surface area contributed by atoms with Gasteiger partial charge in [-0.1, -0.05) is 25.5 Å². The van der Waals surface area contributed by atoms with Crippen LogP contribution in [0.2, 0.25) is 0 Å². The normalized spacial score (nSPS) is 13.5. The number of aliphatic hydroxyl groups is 1. The molecule has 0 spiro atoms. The molecule has 0 aromatic heterocycles. The third kappa shape index (κ3) is 5.22. The molecule has 1 atom stereocenters. The average Bonchev–Trinajstić information content (AvgIpc) is 2.27. The van der Waals surface area contributed by atoms with Crippen LogP contribution in [-0.4, -0.2) is 17.8 Å². The lowest BCUT2D eigenvalue weighted by atomic mass is 9.92. The minimum absolute atomic E-state index is 0.531. The molecule has 0 heterocycles. The number of benzene rings is 1. The van der Waals surface area contributed by atoms with Gasteiger partial charge >= 0.3 is 0 Å². The van der Waals surface area contributed by atoms with Crippen LogP contribution in [0.1, 0.15) is 51.5 Å². The first-order valence-electron chi connectivity index (χ1n) is 6.29. The van der Waals surface area contributed by atoms with Crippen molar-refractivity contribution in [1.29, 1.82) is 0 Å². The van der Waals surface area contributed by atoms with Crippen molar-refractivity contribution >= 4 is 0 Å². The van der Waals surface area contributed by atoms with E-state index in [1.54, 1.807) is 7.11 Å². The van der Waals surface area contributed by atoms with E-state index in [2.05, 4.69) is 19.1 Å². The zero-order valence-corrected chi connectivity index (χ0v) is 11.4. The number of ether oxygens (including phenoxy) is 1. The van der Waals surface area contributed by atoms with Gasteiger partial charge in [0.2, 0.25) is 0 Å². The summed E-state index contributed by atoms with van der Waals surface area (Å²) >= 11 is 0. The van der Waals surface area contributed by atoms with E-state index >= 15 is 0 Å². The molecule has 0 saturated heterocycles. The summed E-state index contributed by atoms with van der Waals surface area (Å²) in [5.41, 5.74) is 0.793. The van der Waals surface area contributed by atoms with Crippen LogP contribution >= 0.6 is 0 Å². The van der Waals surface area contributed by atoms with Crippen molar-refractivity contribution in [3.05, 3.63) is 29.8 Å². The molecule has 0 aliphatic carbocycles. The molecule has 2 nitrogen and oxygen atoms in total. The Morgan fingerprint density at radius 2 is 1.82 bits per heavy atom. The fraction of sp³-hybridized carbons (Fsp3) is 0.600. The lowest BCUT2D eigenvalue weighted by Gasteiger charge is -2.18. The SMILES string of the molecule is COc1ccc(C(C)CCCC(C)(C)O)cc1. The first-order valence-corrected chi connectivity index (χ1v) is 6.29. The standard InChI is InChI=1S/C15H24O2/c1-12(6-5-11-15(2,3)16)13-7-9-14(17-4)10-8-13/h7-10,12,16H,5-6,11H2,1-4H3. The average molecular weight is 236 g/mol. The Morgan fingerprint density at radius 1 is 1.24 bits per heavy atom. The van der Waals surface area contributed by atoms with Crippen molar-refractivity contribution < 1.29 is 9.84 Å². The second kappa shape index (κ2) is 6.06. The lowest BCUT2D eigenvalue weighted by Crippen LogP contribution is -2.18. The molecule has 0 saturated carbocycles. The Kier molecular flexibility index (Phi) is 5.01. The van der Waals surface area contributed by atoms with E-state index < -0.39 is 5.60 Å². The fourth-order valence-corrected chi connectivity index (χ4v) is 1.94. The van der Waals surface area contributed by atoms with Gasteiger partial charge in [0.15, 0.2) is 0 Å². The molecule has 17 heavy (non-hydrogen) atoms. The van der Waals surface area contributed by atoms with Gasteiger partial charge in [-0.25, -0.2) is 0 Å². The van der Waals surface area contributed by atoms with Crippen molar-refractivity contribution in [3.8, 4) is 5.75 Å². The van der Waals surface area contributed by atoms with Crippen LogP contribution in [-0.2, 0) is 0 Å². The molecule has 0 aliphatic heterocycles. The number of methoxy groups -OCH3 is 1. The maximum Gasteiger partial charge on any atom is 0.118 e. The highest BCUT2D eigenvalue weighted by molar-refractivity contribution is 5.28. The van der Waals surface area contributed by atoms with Crippen molar-refractivity contribution in [2.24, 2.45) is 0 Å². The maximum absolute atomic E-state index is 9.65. The zero-order valence-electron chi connectivity index (χ0n) is 11.4. The van der Waals surface area contributed by atoms with Gasteiger partial charge in [0.1, 0.15) is 5.75 Å². The molecule has 0 fully saturated rings. The maximum atomic E-state index is 9.65. The molecular formula is C15H24O2. The molecule has 96 valence electrons. The smallest absolute Gasteiger partial charge is 0.118 e. The van der Waals surface area contributed by atoms with Crippen LogP contribution < -0.4 is 4.74 Å². The molecule has 0 amide bonds. The Morgan fingerprint density at radius 3 is 2.29 bits per heavy atom. The van der Waals surface area contributed by atoms with E-state index in [-0.39, 0.29) is 0 Å². The van der Waals surface area contributed by atoms with E-state index in [1.807, 2.05) is 26.0 Å². The van der Waals surface area contributed by atoms with Gasteiger partial charge in [0.25, 0.3) is 0 Å². The van der Waals surface area contributed by atoms with Crippen LogP contribution in [0.4, 0.5) is 0 Å². The zero-order chi connectivity index (χ0) is 12.9. The van der Waals surface area contributed by atoms with E-state index in [0.717, 1.165) is 25.0 Å². The second-order valence-electron chi connectivity index (χ2n) is 5.38. The number of rotatable bonds is 6. The van der Waals surface area contributed by atoms with E-state index in [1.165, 1.54) is 5.56 Å². The third-order valence-corrected chi connectivity index (χ3v) is 3.11. The second-order valence-corrected chi connectivity index (χ2v) is 5.38. The predicted octanol–water partition coefficient (Wildman–Crippen LogP) is 3.74. The Hall–Kier alpha value is -1.02. The predicted molar refractivity (Wildman–Crippen MR) is 71.6 cm³/mol.